The van der Waals surface area contributed by atoms with Crippen LogP contribution in [0.4, 0.5) is 5.69 Å². The molecule has 0 atom stereocenters. The summed E-state index contributed by atoms with van der Waals surface area (Å²) in [6, 6.07) is 8.26. The van der Waals surface area contributed by atoms with E-state index in [1.54, 1.807) is 18.2 Å². The first kappa shape index (κ1) is 14.4. The predicted molar refractivity (Wildman–Crippen MR) is 86.1 cm³/mol. The summed E-state index contributed by atoms with van der Waals surface area (Å²) in [6.07, 6.45) is 1.94. The maximum absolute atomic E-state index is 12.2. The number of nitrogens with one attached hydrogen (secondary N) is 1. The average Bonchev–Trinajstić information content (AvgIpc) is 2.95. The van der Waals surface area contributed by atoms with E-state index in [4.69, 9.17) is 0 Å². The molecule has 0 saturated carbocycles. The van der Waals surface area contributed by atoms with Gasteiger partial charge in [-0.05, 0) is 32.0 Å². The number of aromatic nitrogens is 1. The minimum absolute atomic E-state index is 0.350. The highest BCUT2D eigenvalue weighted by Gasteiger charge is 2.29. The number of anilines is 1. The number of nitrogens with zero attached hydrogens (tertiary/aromatic N) is 2. The minimum atomic E-state index is -3.14. The molecule has 1 aromatic carbocycles. The number of rotatable bonds is 3. The molecule has 1 aliphatic rings. The average molecular weight is 307 g/mol. The summed E-state index contributed by atoms with van der Waals surface area (Å²) >= 11 is 0. The minimum Gasteiger partial charge on any atom is -0.368 e. The van der Waals surface area contributed by atoms with Crippen LogP contribution in [0.25, 0.3) is 10.9 Å². The van der Waals surface area contributed by atoms with Crippen molar-refractivity contribution in [3.05, 3.63) is 30.5 Å². The number of sulfonamides is 1. The Morgan fingerprint density at radius 3 is 2.48 bits per heavy atom. The summed E-state index contributed by atoms with van der Waals surface area (Å²) in [5, 5.41) is 0.842. The third kappa shape index (κ3) is 2.53. The molecular formula is C15H21N3O2S. The van der Waals surface area contributed by atoms with Crippen molar-refractivity contribution in [1.29, 1.82) is 0 Å². The van der Waals surface area contributed by atoms with Crippen LogP contribution in [0.3, 0.4) is 0 Å². The summed E-state index contributed by atoms with van der Waals surface area (Å²) in [4.78, 5) is 5.48. The molecule has 114 valence electrons. The van der Waals surface area contributed by atoms with Crippen LogP contribution in [0.2, 0.25) is 0 Å². The number of hydrogen-bond donors (Lipinski definition) is 1. The van der Waals surface area contributed by atoms with Gasteiger partial charge in [-0.1, -0.05) is 6.07 Å². The van der Waals surface area contributed by atoms with Gasteiger partial charge in [0.15, 0.2) is 0 Å². The zero-order valence-electron chi connectivity index (χ0n) is 12.4. The quantitative estimate of drug-likeness (QED) is 0.944. The van der Waals surface area contributed by atoms with Gasteiger partial charge in [0.05, 0.1) is 5.25 Å². The van der Waals surface area contributed by atoms with Gasteiger partial charge in [0, 0.05) is 49.0 Å². The molecule has 21 heavy (non-hydrogen) atoms. The van der Waals surface area contributed by atoms with Crippen LogP contribution in [0.5, 0.6) is 0 Å². The molecule has 1 fully saturated rings. The molecule has 3 rings (SSSR count). The zero-order chi connectivity index (χ0) is 15.0. The number of benzene rings is 1. The lowest BCUT2D eigenvalue weighted by molar-refractivity contribution is 0.381. The summed E-state index contributed by atoms with van der Waals surface area (Å²) in [5.74, 6) is 0. The lowest BCUT2D eigenvalue weighted by atomic mass is 10.2. The Hall–Kier alpha value is -1.53. The first-order valence-electron chi connectivity index (χ1n) is 7.30. The smallest absolute Gasteiger partial charge is 0.216 e. The van der Waals surface area contributed by atoms with E-state index in [1.807, 2.05) is 12.3 Å². The molecule has 0 bridgehead atoms. The Kier molecular flexibility index (Phi) is 3.67. The normalized spacial score (nSPS) is 17.8. The third-order valence-corrected chi connectivity index (χ3v) is 6.38. The standard InChI is InChI=1S/C15H21N3O2S/c1-12(2)21(19,20)18-10-8-17(9-11-18)15-5-3-4-14-13(15)6-7-16-14/h3-7,12,16H,8-11H2,1-2H3. The maximum atomic E-state index is 12.2. The summed E-state index contributed by atoms with van der Waals surface area (Å²) in [5.41, 5.74) is 2.29. The van der Waals surface area contributed by atoms with Gasteiger partial charge < -0.3 is 9.88 Å². The second-order valence-electron chi connectivity index (χ2n) is 5.70. The fourth-order valence-electron chi connectivity index (χ4n) is 2.83. The van der Waals surface area contributed by atoms with E-state index in [2.05, 4.69) is 28.1 Å². The van der Waals surface area contributed by atoms with E-state index in [0.29, 0.717) is 13.1 Å². The van der Waals surface area contributed by atoms with E-state index in [0.717, 1.165) is 18.6 Å². The van der Waals surface area contributed by atoms with Crippen LogP contribution in [0.15, 0.2) is 30.5 Å². The highest BCUT2D eigenvalue weighted by atomic mass is 32.2. The van der Waals surface area contributed by atoms with E-state index in [1.165, 1.54) is 11.1 Å². The van der Waals surface area contributed by atoms with Crippen molar-refractivity contribution in [2.75, 3.05) is 31.1 Å². The number of aromatic amines is 1. The predicted octanol–water partition coefficient (Wildman–Crippen LogP) is 2.03. The Bertz CT molecular complexity index is 728. The molecule has 2 heterocycles. The largest absolute Gasteiger partial charge is 0.368 e. The fourth-order valence-corrected chi connectivity index (χ4v) is 4.09. The van der Waals surface area contributed by atoms with E-state index in [-0.39, 0.29) is 5.25 Å². The Morgan fingerprint density at radius 2 is 1.81 bits per heavy atom. The van der Waals surface area contributed by atoms with Gasteiger partial charge in [0.25, 0.3) is 0 Å². The number of hydrogen-bond acceptors (Lipinski definition) is 3. The van der Waals surface area contributed by atoms with Crippen LogP contribution >= 0.6 is 0 Å². The molecule has 1 aromatic heterocycles. The monoisotopic (exact) mass is 307 g/mol. The number of H-pyrrole nitrogens is 1. The topological polar surface area (TPSA) is 56.4 Å². The molecule has 0 aliphatic carbocycles. The van der Waals surface area contributed by atoms with Gasteiger partial charge in [-0.25, -0.2) is 8.42 Å². The molecule has 0 amide bonds. The highest BCUT2D eigenvalue weighted by molar-refractivity contribution is 7.89. The molecule has 0 radical (unpaired) electrons. The second kappa shape index (κ2) is 5.35. The van der Waals surface area contributed by atoms with Crippen LogP contribution in [-0.4, -0.2) is 49.1 Å². The molecular weight excluding hydrogens is 286 g/mol. The summed E-state index contributed by atoms with van der Waals surface area (Å²) < 4.78 is 26.0. The zero-order valence-corrected chi connectivity index (χ0v) is 13.2. The molecule has 1 aliphatic heterocycles. The summed E-state index contributed by atoms with van der Waals surface area (Å²) in [7, 11) is -3.14. The van der Waals surface area contributed by atoms with Crippen LogP contribution in [0, 0.1) is 0 Å². The van der Waals surface area contributed by atoms with Gasteiger partial charge >= 0.3 is 0 Å². The van der Waals surface area contributed by atoms with Crippen LogP contribution < -0.4 is 4.90 Å². The van der Waals surface area contributed by atoms with Crippen molar-refractivity contribution >= 4 is 26.6 Å². The molecule has 6 heteroatoms. The Morgan fingerprint density at radius 1 is 1.10 bits per heavy atom. The van der Waals surface area contributed by atoms with Crippen LogP contribution in [0.1, 0.15) is 13.8 Å². The second-order valence-corrected chi connectivity index (χ2v) is 8.18. The third-order valence-electron chi connectivity index (χ3n) is 4.11. The molecule has 0 spiro atoms. The first-order valence-corrected chi connectivity index (χ1v) is 8.80. The molecule has 1 saturated heterocycles. The van der Waals surface area contributed by atoms with Gasteiger partial charge in [-0.2, -0.15) is 4.31 Å². The van der Waals surface area contributed by atoms with Gasteiger partial charge in [0.2, 0.25) is 10.0 Å². The van der Waals surface area contributed by atoms with Gasteiger partial charge in [-0.3, -0.25) is 0 Å². The van der Waals surface area contributed by atoms with Crippen molar-refractivity contribution in [3.8, 4) is 0 Å². The SMILES string of the molecule is CC(C)S(=O)(=O)N1CCN(c2cccc3[nH]ccc23)CC1. The number of fused-ring (bicyclic) bond motifs is 1. The first-order chi connectivity index (χ1) is 10.00. The molecule has 5 nitrogen and oxygen atoms in total. The van der Waals surface area contributed by atoms with Gasteiger partial charge in [0.1, 0.15) is 0 Å². The maximum Gasteiger partial charge on any atom is 0.216 e. The lowest BCUT2D eigenvalue weighted by Gasteiger charge is -2.36. The van der Waals surface area contributed by atoms with Crippen molar-refractivity contribution < 1.29 is 8.42 Å². The Labute approximate surface area is 125 Å². The molecule has 1 N–H and O–H groups in total. The number of piperazine rings is 1. The van der Waals surface area contributed by atoms with E-state index < -0.39 is 10.0 Å². The van der Waals surface area contributed by atoms with Crippen molar-refractivity contribution in [3.63, 3.8) is 0 Å². The lowest BCUT2D eigenvalue weighted by Crippen LogP contribution is -2.50. The van der Waals surface area contributed by atoms with Crippen molar-refractivity contribution in [2.24, 2.45) is 0 Å². The van der Waals surface area contributed by atoms with Crippen molar-refractivity contribution in [1.82, 2.24) is 9.29 Å². The van der Waals surface area contributed by atoms with Crippen molar-refractivity contribution in [2.45, 2.75) is 19.1 Å². The van der Waals surface area contributed by atoms with E-state index in [9.17, 15) is 8.42 Å². The summed E-state index contributed by atoms with van der Waals surface area (Å²) in [6.45, 7) is 6.06. The van der Waals surface area contributed by atoms with Gasteiger partial charge in [-0.15, -0.1) is 0 Å². The fraction of sp³-hybridized carbons (Fsp3) is 0.467. The van der Waals surface area contributed by atoms with Crippen LogP contribution in [-0.2, 0) is 10.0 Å². The molecule has 2 aromatic rings. The van der Waals surface area contributed by atoms with E-state index >= 15 is 0 Å². The Balaban J connectivity index is 1.79. The molecule has 0 unspecified atom stereocenters. The highest BCUT2D eigenvalue weighted by Crippen LogP contribution is 2.27.